The van der Waals surface area contributed by atoms with Gasteiger partial charge in [0.25, 0.3) is 0 Å². The number of rotatable bonds is 3. The molecule has 3 rings (SSSR count). The molecule has 0 aliphatic carbocycles. The van der Waals surface area contributed by atoms with Crippen LogP contribution in [0, 0.1) is 11.3 Å². The van der Waals surface area contributed by atoms with Gasteiger partial charge in [-0.1, -0.05) is 30.3 Å². The Morgan fingerprint density at radius 1 is 1.12 bits per heavy atom. The summed E-state index contributed by atoms with van der Waals surface area (Å²) in [5.74, 6) is 0. The minimum absolute atomic E-state index is 0.187. The maximum absolute atomic E-state index is 13.2. The molecule has 24 heavy (non-hydrogen) atoms. The van der Waals surface area contributed by atoms with Crippen LogP contribution >= 0.6 is 11.3 Å². The molecule has 0 saturated carbocycles. The SMILES string of the molecule is N#Cc1ccc(-c2cc(C(F)(F)F)n(C=Cc3ccccc3)n2)s1. The molecule has 0 N–H and O–H groups in total. The number of nitrogens with zero attached hydrogens (tertiary/aromatic N) is 3. The Hall–Kier alpha value is -2.85. The van der Waals surface area contributed by atoms with Crippen molar-refractivity contribution in [2.75, 3.05) is 0 Å². The number of hydrogen-bond acceptors (Lipinski definition) is 3. The Kier molecular flexibility index (Phi) is 4.23. The Balaban J connectivity index is 2.01. The van der Waals surface area contributed by atoms with Crippen LogP contribution in [0.1, 0.15) is 16.1 Å². The van der Waals surface area contributed by atoms with Crippen LogP contribution in [0.5, 0.6) is 0 Å². The van der Waals surface area contributed by atoms with Crippen LogP contribution in [0.25, 0.3) is 22.8 Å². The normalized spacial score (nSPS) is 11.8. The van der Waals surface area contributed by atoms with Crippen LogP contribution in [0.4, 0.5) is 13.2 Å². The van der Waals surface area contributed by atoms with E-state index in [-0.39, 0.29) is 5.69 Å². The predicted molar refractivity (Wildman–Crippen MR) is 86.9 cm³/mol. The highest BCUT2D eigenvalue weighted by molar-refractivity contribution is 7.15. The van der Waals surface area contributed by atoms with Gasteiger partial charge in [0.2, 0.25) is 0 Å². The van der Waals surface area contributed by atoms with Gasteiger partial charge in [0.1, 0.15) is 22.3 Å². The van der Waals surface area contributed by atoms with Gasteiger partial charge in [0.05, 0.1) is 4.88 Å². The van der Waals surface area contributed by atoms with Gasteiger partial charge >= 0.3 is 6.18 Å². The molecule has 0 aliphatic heterocycles. The molecule has 3 aromatic rings. The van der Waals surface area contributed by atoms with Crippen molar-refractivity contribution in [2.24, 2.45) is 0 Å². The van der Waals surface area contributed by atoms with Crippen molar-refractivity contribution >= 4 is 23.6 Å². The second-order valence-corrected chi connectivity index (χ2v) is 5.94. The summed E-state index contributed by atoms with van der Waals surface area (Å²) in [5, 5.41) is 12.9. The van der Waals surface area contributed by atoms with E-state index in [0.29, 0.717) is 9.75 Å². The second-order valence-electron chi connectivity index (χ2n) is 4.86. The van der Waals surface area contributed by atoms with Gasteiger partial charge in [-0.3, -0.25) is 0 Å². The highest BCUT2D eigenvalue weighted by Gasteiger charge is 2.35. The molecule has 0 atom stereocenters. The summed E-state index contributed by atoms with van der Waals surface area (Å²) in [4.78, 5) is 0.942. The zero-order valence-corrected chi connectivity index (χ0v) is 13.0. The van der Waals surface area contributed by atoms with Crippen LogP contribution < -0.4 is 0 Å². The van der Waals surface area contributed by atoms with Gasteiger partial charge in [-0.05, 0) is 29.8 Å². The van der Waals surface area contributed by atoms with Gasteiger partial charge in [-0.25, -0.2) is 4.68 Å². The van der Waals surface area contributed by atoms with Crippen molar-refractivity contribution < 1.29 is 13.2 Å². The fourth-order valence-electron chi connectivity index (χ4n) is 2.10. The lowest BCUT2D eigenvalue weighted by Crippen LogP contribution is -2.10. The number of aromatic nitrogens is 2. The number of thiophene rings is 1. The average Bonchev–Trinajstić information content (AvgIpc) is 3.20. The molecule has 0 amide bonds. The molecule has 0 fully saturated rings. The summed E-state index contributed by atoms with van der Waals surface area (Å²) in [6.07, 6.45) is -1.69. The second kappa shape index (κ2) is 6.34. The summed E-state index contributed by atoms with van der Waals surface area (Å²) >= 11 is 1.10. The summed E-state index contributed by atoms with van der Waals surface area (Å²) in [7, 11) is 0. The first-order chi connectivity index (χ1) is 11.5. The average molecular weight is 345 g/mol. The van der Waals surface area contributed by atoms with Crippen molar-refractivity contribution in [1.82, 2.24) is 9.78 Å². The van der Waals surface area contributed by atoms with Gasteiger partial charge in [-0.15, -0.1) is 11.3 Å². The lowest BCUT2D eigenvalue weighted by atomic mass is 10.2. The monoisotopic (exact) mass is 345 g/mol. The topological polar surface area (TPSA) is 41.6 Å². The van der Waals surface area contributed by atoms with Crippen molar-refractivity contribution in [3.63, 3.8) is 0 Å². The number of hydrogen-bond donors (Lipinski definition) is 0. The first kappa shape index (κ1) is 16.0. The Morgan fingerprint density at radius 3 is 2.50 bits per heavy atom. The first-order valence-electron chi connectivity index (χ1n) is 6.87. The molecule has 120 valence electrons. The van der Waals surface area contributed by atoms with Gasteiger partial charge in [0, 0.05) is 6.20 Å². The number of nitriles is 1. The smallest absolute Gasteiger partial charge is 0.235 e. The lowest BCUT2D eigenvalue weighted by Gasteiger charge is -2.06. The van der Waals surface area contributed by atoms with Crippen molar-refractivity contribution in [3.05, 3.63) is 64.7 Å². The Labute approximate surface area is 139 Å². The molecule has 0 unspecified atom stereocenters. The molecular formula is C17H10F3N3S. The molecule has 0 radical (unpaired) electrons. The van der Waals surface area contributed by atoms with Crippen LogP contribution in [-0.2, 0) is 6.18 Å². The fourth-order valence-corrected chi connectivity index (χ4v) is 2.86. The van der Waals surface area contributed by atoms with Gasteiger partial charge in [0.15, 0.2) is 0 Å². The summed E-state index contributed by atoms with van der Waals surface area (Å²) in [6.45, 7) is 0. The Morgan fingerprint density at radius 2 is 1.88 bits per heavy atom. The zero-order chi connectivity index (χ0) is 17.2. The quantitative estimate of drug-likeness (QED) is 0.660. The molecule has 0 aliphatic rings. The fraction of sp³-hybridized carbons (Fsp3) is 0.0588. The highest BCUT2D eigenvalue weighted by Crippen LogP contribution is 2.34. The summed E-state index contributed by atoms with van der Waals surface area (Å²) < 4.78 is 40.5. The molecule has 0 bridgehead atoms. The van der Waals surface area contributed by atoms with E-state index in [4.69, 9.17) is 5.26 Å². The maximum atomic E-state index is 13.2. The van der Waals surface area contributed by atoms with E-state index in [1.165, 1.54) is 6.20 Å². The van der Waals surface area contributed by atoms with Crippen molar-refractivity contribution in [1.29, 1.82) is 5.26 Å². The third-order valence-corrected chi connectivity index (χ3v) is 4.21. The van der Waals surface area contributed by atoms with Crippen LogP contribution in [0.2, 0.25) is 0 Å². The molecule has 0 saturated heterocycles. The summed E-state index contributed by atoms with van der Waals surface area (Å²) in [5.41, 5.74) is 0.0914. The van der Waals surface area contributed by atoms with E-state index < -0.39 is 11.9 Å². The maximum Gasteiger partial charge on any atom is 0.433 e. The van der Waals surface area contributed by atoms with Crippen molar-refractivity contribution in [2.45, 2.75) is 6.18 Å². The van der Waals surface area contributed by atoms with E-state index in [1.54, 1.807) is 42.5 Å². The highest BCUT2D eigenvalue weighted by atomic mass is 32.1. The third kappa shape index (κ3) is 3.39. The summed E-state index contributed by atoms with van der Waals surface area (Å²) in [6, 6.07) is 15.1. The van der Waals surface area contributed by atoms with Crippen LogP contribution in [-0.4, -0.2) is 9.78 Å². The predicted octanol–water partition coefficient (Wildman–Crippen LogP) is 5.13. The largest absolute Gasteiger partial charge is 0.433 e. The first-order valence-corrected chi connectivity index (χ1v) is 7.69. The molecule has 2 heterocycles. The van der Waals surface area contributed by atoms with E-state index in [0.717, 1.165) is 27.6 Å². The van der Waals surface area contributed by atoms with Gasteiger partial charge in [-0.2, -0.15) is 23.5 Å². The standard InChI is InChI=1S/C17H10F3N3S/c18-17(19,20)16-10-14(15-7-6-13(11-21)24-15)22-23(16)9-8-12-4-2-1-3-5-12/h1-10H. The van der Waals surface area contributed by atoms with Crippen LogP contribution in [0.15, 0.2) is 48.5 Å². The number of halogens is 3. The van der Waals surface area contributed by atoms with Gasteiger partial charge < -0.3 is 0 Å². The van der Waals surface area contributed by atoms with Crippen LogP contribution in [0.3, 0.4) is 0 Å². The third-order valence-electron chi connectivity index (χ3n) is 3.20. The minimum atomic E-state index is -4.53. The van der Waals surface area contributed by atoms with E-state index in [2.05, 4.69) is 5.10 Å². The molecule has 3 nitrogen and oxygen atoms in total. The van der Waals surface area contributed by atoms with E-state index in [9.17, 15) is 13.2 Å². The van der Waals surface area contributed by atoms with Crippen molar-refractivity contribution in [3.8, 4) is 16.6 Å². The van der Waals surface area contributed by atoms with E-state index >= 15 is 0 Å². The number of alkyl halides is 3. The molecule has 0 spiro atoms. The lowest BCUT2D eigenvalue weighted by molar-refractivity contribution is -0.142. The molecule has 1 aromatic carbocycles. The molecule has 2 aromatic heterocycles. The molecule has 7 heteroatoms. The zero-order valence-electron chi connectivity index (χ0n) is 12.2. The Bertz CT molecular complexity index is 915. The number of benzene rings is 1. The minimum Gasteiger partial charge on any atom is -0.235 e. The van der Waals surface area contributed by atoms with E-state index in [1.807, 2.05) is 12.1 Å². The molecular weight excluding hydrogens is 335 g/mol.